The monoisotopic (exact) mass is 257 g/mol. The number of benzene rings is 1. The van der Waals surface area contributed by atoms with Crippen LogP contribution in [0.5, 0.6) is 0 Å². The molecule has 1 unspecified atom stereocenters. The molecule has 4 heteroatoms. The highest BCUT2D eigenvalue weighted by atomic mass is 16.5. The maximum absolute atomic E-state index is 11.9. The van der Waals surface area contributed by atoms with Crippen molar-refractivity contribution in [3.63, 3.8) is 0 Å². The van der Waals surface area contributed by atoms with E-state index < -0.39 is 0 Å². The van der Waals surface area contributed by atoms with Crippen LogP contribution in [0.15, 0.2) is 28.8 Å². The van der Waals surface area contributed by atoms with Crippen LogP contribution in [-0.4, -0.2) is 18.2 Å². The normalized spacial score (nSPS) is 17.3. The number of fused-ring (bicyclic) bond motifs is 3. The van der Waals surface area contributed by atoms with Crippen LogP contribution in [0.1, 0.15) is 16.9 Å². The number of rotatable bonds is 1. The fraction of sp³-hybridized carbons (Fsp3) is 0.333. The van der Waals surface area contributed by atoms with E-state index in [4.69, 9.17) is 9.26 Å². The molecule has 1 heterocycles. The van der Waals surface area contributed by atoms with Crippen LogP contribution >= 0.6 is 0 Å². The number of carbonyl (C=O) groups excluding carboxylic acids is 1. The van der Waals surface area contributed by atoms with Crippen LogP contribution in [0, 0.1) is 12.8 Å². The molecule has 0 bridgehead atoms. The van der Waals surface area contributed by atoms with E-state index in [1.54, 1.807) is 0 Å². The molecule has 0 N–H and O–H groups in total. The quantitative estimate of drug-likeness (QED) is 0.737. The Kier molecular flexibility index (Phi) is 2.85. The van der Waals surface area contributed by atoms with Gasteiger partial charge in [0.1, 0.15) is 11.5 Å². The zero-order valence-corrected chi connectivity index (χ0v) is 11.0. The summed E-state index contributed by atoms with van der Waals surface area (Å²) in [5, 5.41) is 4.15. The largest absolute Gasteiger partial charge is 0.469 e. The summed E-state index contributed by atoms with van der Waals surface area (Å²) < 4.78 is 10.2. The van der Waals surface area contributed by atoms with E-state index in [9.17, 15) is 4.79 Å². The first-order chi connectivity index (χ1) is 9.20. The van der Waals surface area contributed by atoms with Crippen LogP contribution in [0.25, 0.3) is 11.3 Å². The lowest BCUT2D eigenvalue weighted by Crippen LogP contribution is -2.20. The van der Waals surface area contributed by atoms with E-state index >= 15 is 0 Å². The summed E-state index contributed by atoms with van der Waals surface area (Å²) in [6.45, 7) is 1.88. The second-order valence-electron chi connectivity index (χ2n) is 4.85. The standard InChI is InChI=1S/C15H15NO3/c1-9-13-8-11(15(17)18-2)7-10-5-3-4-6-12(10)14(13)16-19-9/h3-6,11H,7-8H2,1-2H3. The Hall–Kier alpha value is -2.10. The van der Waals surface area contributed by atoms with Gasteiger partial charge in [-0.25, -0.2) is 0 Å². The molecule has 0 fully saturated rings. The fourth-order valence-corrected chi connectivity index (χ4v) is 2.69. The SMILES string of the molecule is COC(=O)C1Cc2ccccc2-c2noc(C)c2C1. The van der Waals surface area contributed by atoms with Crippen molar-refractivity contribution in [2.45, 2.75) is 19.8 Å². The van der Waals surface area contributed by atoms with Crippen molar-refractivity contribution in [1.29, 1.82) is 0 Å². The zero-order chi connectivity index (χ0) is 13.4. The van der Waals surface area contributed by atoms with Crippen LogP contribution in [0.4, 0.5) is 0 Å². The molecule has 3 rings (SSSR count). The lowest BCUT2D eigenvalue weighted by molar-refractivity contribution is -0.145. The number of aryl methyl sites for hydroxylation is 1. The van der Waals surface area contributed by atoms with E-state index in [0.717, 1.165) is 28.1 Å². The van der Waals surface area contributed by atoms with E-state index in [0.29, 0.717) is 12.8 Å². The summed E-state index contributed by atoms with van der Waals surface area (Å²) in [7, 11) is 1.43. The minimum atomic E-state index is -0.178. The number of methoxy groups -OCH3 is 1. The molecule has 0 spiro atoms. The molecular formula is C15H15NO3. The third-order valence-electron chi connectivity index (χ3n) is 3.71. The predicted molar refractivity (Wildman–Crippen MR) is 69.6 cm³/mol. The lowest BCUT2D eigenvalue weighted by Gasteiger charge is -2.12. The molecule has 2 aromatic rings. The van der Waals surface area contributed by atoms with Crippen molar-refractivity contribution >= 4 is 5.97 Å². The van der Waals surface area contributed by atoms with Gasteiger partial charge in [0, 0.05) is 11.1 Å². The Labute approximate surface area is 111 Å². The highest BCUT2D eigenvalue weighted by Crippen LogP contribution is 2.35. The number of ether oxygens (including phenoxy) is 1. The van der Waals surface area contributed by atoms with Gasteiger partial charge in [-0.05, 0) is 25.3 Å². The van der Waals surface area contributed by atoms with Crippen LogP contribution < -0.4 is 0 Å². The minimum Gasteiger partial charge on any atom is -0.469 e. The predicted octanol–water partition coefficient (Wildman–Crippen LogP) is 2.54. The van der Waals surface area contributed by atoms with Gasteiger partial charge in [0.05, 0.1) is 13.0 Å². The maximum Gasteiger partial charge on any atom is 0.309 e. The molecule has 0 saturated carbocycles. The zero-order valence-electron chi connectivity index (χ0n) is 11.0. The van der Waals surface area contributed by atoms with Gasteiger partial charge in [-0.3, -0.25) is 4.79 Å². The summed E-state index contributed by atoms with van der Waals surface area (Å²) in [5.41, 5.74) is 4.05. The molecule has 1 aliphatic rings. The van der Waals surface area contributed by atoms with Gasteiger partial charge in [-0.1, -0.05) is 29.4 Å². The van der Waals surface area contributed by atoms with Gasteiger partial charge in [0.25, 0.3) is 0 Å². The van der Waals surface area contributed by atoms with Gasteiger partial charge in [0.15, 0.2) is 0 Å². The summed E-state index contributed by atoms with van der Waals surface area (Å²) in [5.74, 6) is 0.425. The summed E-state index contributed by atoms with van der Waals surface area (Å²) in [6, 6.07) is 8.01. The molecule has 19 heavy (non-hydrogen) atoms. The lowest BCUT2D eigenvalue weighted by atomic mass is 9.95. The van der Waals surface area contributed by atoms with Crippen molar-refractivity contribution in [3.05, 3.63) is 41.2 Å². The molecule has 1 atom stereocenters. The van der Waals surface area contributed by atoms with Crippen LogP contribution in [0.3, 0.4) is 0 Å². The fourth-order valence-electron chi connectivity index (χ4n) is 2.69. The first-order valence-corrected chi connectivity index (χ1v) is 6.32. The Balaban J connectivity index is 2.16. The number of esters is 1. The third kappa shape index (κ3) is 1.93. The van der Waals surface area contributed by atoms with Gasteiger partial charge < -0.3 is 9.26 Å². The van der Waals surface area contributed by atoms with Crippen molar-refractivity contribution in [2.75, 3.05) is 7.11 Å². The first kappa shape index (κ1) is 12.0. The molecule has 0 amide bonds. The van der Waals surface area contributed by atoms with Gasteiger partial charge in [-0.15, -0.1) is 0 Å². The van der Waals surface area contributed by atoms with E-state index in [1.165, 1.54) is 7.11 Å². The molecular weight excluding hydrogens is 242 g/mol. The maximum atomic E-state index is 11.9. The number of aromatic nitrogens is 1. The smallest absolute Gasteiger partial charge is 0.309 e. The number of nitrogens with zero attached hydrogens (tertiary/aromatic N) is 1. The third-order valence-corrected chi connectivity index (χ3v) is 3.71. The minimum absolute atomic E-state index is 0.175. The highest BCUT2D eigenvalue weighted by molar-refractivity contribution is 5.77. The van der Waals surface area contributed by atoms with Crippen LogP contribution in [0.2, 0.25) is 0 Å². The number of carbonyl (C=O) groups is 1. The summed E-state index contributed by atoms with van der Waals surface area (Å²) in [4.78, 5) is 11.9. The Morgan fingerprint density at radius 2 is 2.16 bits per heavy atom. The van der Waals surface area contributed by atoms with Crippen molar-refractivity contribution < 1.29 is 14.1 Å². The van der Waals surface area contributed by atoms with Gasteiger partial charge in [0.2, 0.25) is 0 Å². The van der Waals surface area contributed by atoms with Crippen molar-refractivity contribution in [3.8, 4) is 11.3 Å². The molecule has 1 aromatic carbocycles. The molecule has 1 aliphatic carbocycles. The number of hydrogen-bond acceptors (Lipinski definition) is 4. The molecule has 0 saturated heterocycles. The molecule has 0 aliphatic heterocycles. The second-order valence-corrected chi connectivity index (χ2v) is 4.85. The van der Waals surface area contributed by atoms with Crippen LogP contribution in [-0.2, 0) is 22.4 Å². The van der Waals surface area contributed by atoms with E-state index in [2.05, 4.69) is 5.16 Å². The highest BCUT2D eigenvalue weighted by Gasteiger charge is 2.30. The molecule has 4 nitrogen and oxygen atoms in total. The second kappa shape index (κ2) is 4.53. The molecule has 0 radical (unpaired) electrons. The first-order valence-electron chi connectivity index (χ1n) is 6.32. The van der Waals surface area contributed by atoms with Crippen molar-refractivity contribution in [1.82, 2.24) is 5.16 Å². The Morgan fingerprint density at radius 1 is 1.37 bits per heavy atom. The van der Waals surface area contributed by atoms with Gasteiger partial charge >= 0.3 is 5.97 Å². The Morgan fingerprint density at radius 3 is 2.95 bits per heavy atom. The van der Waals surface area contributed by atoms with Crippen molar-refractivity contribution in [2.24, 2.45) is 5.92 Å². The topological polar surface area (TPSA) is 52.3 Å². The average molecular weight is 257 g/mol. The summed E-state index contributed by atoms with van der Waals surface area (Å²) >= 11 is 0. The van der Waals surface area contributed by atoms with Gasteiger partial charge in [-0.2, -0.15) is 0 Å². The van der Waals surface area contributed by atoms with E-state index in [-0.39, 0.29) is 11.9 Å². The number of hydrogen-bond donors (Lipinski definition) is 0. The summed E-state index contributed by atoms with van der Waals surface area (Å²) in [6.07, 6.45) is 1.30. The van der Waals surface area contributed by atoms with E-state index in [1.807, 2.05) is 31.2 Å². The molecule has 1 aromatic heterocycles. The average Bonchev–Trinajstić information content (AvgIpc) is 2.71. The molecule has 98 valence electrons. The Bertz CT molecular complexity index is 630.